The number of piperidine rings is 1. The molecule has 6 heteroatoms. The Labute approximate surface area is 131 Å². The summed E-state index contributed by atoms with van der Waals surface area (Å²) >= 11 is 5.96. The second kappa shape index (κ2) is 6.24. The number of nitrogens with zero attached hydrogens (tertiary/aromatic N) is 1. The fraction of sp³-hybridized carbons (Fsp3) is 0.600. The van der Waals surface area contributed by atoms with Crippen LogP contribution in [0.5, 0.6) is 0 Å². The SMILES string of the molecule is O=S(=O)(c1cccc(Cl)c1)N1CCCCC1C1CCCN1. The Hall–Kier alpha value is -0.620. The lowest BCUT2D eigenvalue weighted by atomic mass is 9.97. The molecule has 21 heavy (non-hydrogen) atoms. The van der Waals surface area contributed by atoms with Crippen molar-refractivity contribution in [2.24, 2.45) is 0 Å². The lowest BCUT2D eigenvalue weighted by Gasteiger charge is -2.38. The van der Waals surface area contributed by atoms with E-state index in [2.05, 4.69) is 5.32 Å². The van der Waals surface area contributed by atoms with Crippen LogP contribution in [0.15, 0.2) is 29.2 Å². The fourth-order valence-corrected chi connectivity index (χ4v) is 5.46. The van der Waals surface area contributed by atoms with Crippen LogP contribution in [0.25, 0.3) is 0 Å². The highest BCUT2D eigenvalue weighted by Gasteiger charge is 2.38. The lowest BCUT2D eigenvalue weighted by molar-refractivity contribution is 0.211. The highest BCUT2D eigenvalue weighted by molar-refractivity contribution is 7.89. The van der Waals surface area contributed by atoms with Crippen LogP contribution in [0, 0.1) is 0 Å². The first kappa shape index (κ1) is 15.3. The first-order valence-corrected chi connectivity index (χ1v) is 9.41. The molecule has 1 N–H and O–H groups in total. The van der Waals surface area contributed by atoms with Crippen LogP contribution in [-0.4, -0.2) is 37.9 Å². The van der Waals surface area contributed by atoms with Crippen molar-refractivity contribution >= 4 is 21.6 Å². The summed E-state index contributed by atoms with van der Waals surface area (Å²) in [6, 6.07) is 6.94. The predicted octanol–water partition coefficient (Wildman–Crippen LogP) is 2.64. The zero-order chi connectivity index (χ0) is 14.9. The van der Waals surface area contributed by atoms with E-state index in [1.807, 2.05) is 0 Å². The minimum atomic E-state index is -3.46. The Morgan fingerprint density at radius 1 is 1.19 bits per heavy atom. The molecule has 2 fully saturated rings. The van der Waals surface area contributed by atoms with Gasteiger partial charge in [0.25, 0.3) is 0 Å². The summed E-state index contributed by atoms with van der Waals surface area (Å²) in [5, 5.41) is 3.92. The molecule has 0 aliphatic carbocycles. The van der Waals surface area contributed by atoms with Gasteiger partial charge in [-0.1, -0.05) is 24.1 Å². The maximum absolute atomic E-state index is 12.9. The van der Waals surface area contributed by atoms with Gasteiger partial charge in [0.1, 0.15) is 0 Å². The van der Waals surface area contributed by atoms with Crippen molar-refractivity contribution in [3.8, 4) is 0 Å². The molecule has 0 bridgehead atoms. The molecule has 116 valence electrons. The number of hydrogen-bond donors (Lipinski definition) is 1. The van der Waals surface area contributed by atoms with E-state index < -0.39 is 10.0 Å². The quantitative estimate of drug-likeness (QED) is 0.928. The standard InChI is InChI=1S/C15H21ClN2O2S/c16-12-5-3-6-13(11-12)21(19,20)18-10-2-1-8-15(18)14-7-4-9-17-14/h3,5-6,11,14-15,17H,1-2,4,7-10H2. The summed E-state index contributed by atoms with van der Waals surface area (Å²) in [5.41, 5.74) is 0. The normalized spacial score (nSPS) is 27.9. The van der Waals surface area contributed by atoms with Crippen molar-refractivity contribution in [1.29, 1.82) is 0 Å². The van der Waals surface area contributed by atoms with Crippen LogP contribution < -0.4 is 5.32 Å². The molecule has 1 aromatic rings. The first-order chi connectivity index (χ1) is 10.1. The summed E-state index contributed by atoms with van der Waals surface area (Å²) in [6.45, 7) is 1.60. The third-order valence-corrected chi connectivity index (χ3v) is 6.62. The largest absolute Gasteiger partial charge is 0.312 e. The van der Waals surface area contributed by atoms with Crippen LogP contribution in [0.2, 0.25) is 5.02 Å². The van der Waals surface area contributed by atoms with Crippen LogP contribution in [0.1, 0.15) is 32.1 Å². The zero-order valence-electron chi connectivity index (χ0n) is 12.0. The van der Waals surface area contributed by atoms with E-state index in [9.17, 15) is 8.42 Å². The van der Waals surface area contributed by atoms with Gasteiger partial charge < -0.3 is 5.32 Å². The van der Waals surface area contributed by atoms with Crippen LogP contribution in [0.4, 0.5) is 0 Å². The Morgan fingerprint density at radius 2 is 2.05 bits per heavy atom. The van der Waals surface area contributed by atoms with Crippen LogP contribution >= 0.6 is 11.6 Å². The van der Waals surface area contributed by atoms with Crippen molar-refractivity contribution in [1.82, 2.24) is 9.62 Å². The monoisotopic (exact) mass is 328 g/mol. The molecule has 0 aromatic heterocycles. The second-order valence-corrected chi connectivity index (χ2v) is 8.17. The van der Waals surface area contributed by atoms with Crippen molar-refractivity contribution in [3.05, 3.63) is 29.3 Å². The van der Waals surface area contributed by atoms with E-state index in [0.717, 1.165) is 38.6 Å². The van der Waals surface area contributed by atoms with Gasteiger partial charge in [0.15, 0.2) is 0 Å². The van der Waals surface area contributed by atoms with Gasteiger partial charge in [-0.05, 0) is 50.4 Å². The molecule has 4 nitrogen and oxygen atoms in total. The minimum absolute atomic E-state index is 0.0743. The van der Waals surface area contributed by atoms with Gasteiger partial charge in [0.2, 0.25) is 10.0 Å². The average molecular weight is 329 g/mol. The molecule has 2 heterocycles. The number of rotatable bonds is 3. The smallest absolute Gasteiger partial charge is 0.243 e. The van der Waals surface area contributed by atoms with Crippen molar-refractivity contribution in [3.63, 3.8) is 0 Å². The number of halogens is 1. The van der Waals surface area contributed by atoms with E-state index in [-0.39, 0.29) is 6.04 Å². The maximum Gasteiger partial charge on any atom is 0.243 e. The summed E-state index contributed by atoms with van der Waals surface area (Å²) in [5.74, 6) is 0. The van der Waals surface area contributed by atoms with Crippen LogP contribution in [-0.2, 0) is 10.0 Å². The molecule has 1 aromatic carbocycles. The maximum atomic E-state index is 12.9. The van der Waals surface area contributed by atoms with Gasteiger partial charge in [0, 0.05) is 23.7 Å². The number of hydrogen-bond acceptors (Lipinski definition) is 3. The molecule has 2 aliphatic heterocycles. The van der Waals surface area contributed by atoms with E-state index in [0.29, 0.717) is 22.5 Å². The number of sulfonamides is 1. The lowest BCUT2D eigenvalue weighted by Crippen LogP contribution is -2.52. The zero-order valence-corrected chi connectivity index (χ0v) is 13.5. The summed E-state index contributed by atoms with van der Waals surface area (Å²) < 4.78 is 27.6. The molecule has 3 rings (SSSR count). The van der Waals surface area contributed by atoms with Gasteiger partial charge in [-0.3, -0.25) is 0 Å². The summed E-state index contributed by atoms with van der Waals surface area (Å²) in [6.07, 6.45) is 5.17. The van der Waals surface area contributed by atoms with E-state index in [1.54, 1.807) is 28.6 Å². The molecule has 0 radical (unpaired) electrons. The number of benzene rings is 1. The summed E-state index contributed by atoms with van der Waals surface area (Å²) in [7, 11) is -3.46. The van der Waals surface area contributed by atoms with E-state index in [4.69, 9.17) is 11.6 Å². The Bertz CT molecular complexity index is 599. The molecule has 2 aliphatic rings. The summed E-state index contributed by atoms with van der Waals surface area (Å²) in [4.78, 5) is 0.305. The second-order valence-electron chi connectivity index (χ2n) is 5.84. The Morgan fingerprint density at radius 3 is 2.76 bits per heavy atom. The molecular weight excluding hydrogens is 308 g/mol. The molecule has 0 amide bonds. The van der Waals surface area contributed by atoms with Crippen molar-refractivity contribution in [2.45, 2.75) is 49.1 Å². The first-order valence-electron chi connectivity index (χ1n) is 7.60. The third kappa shape index (κ3) is 3.11. The third-order valence-electron chi connectivity index (χ3n) is 4.46. The minimum Gasteiger partial charge on any atom is -0.312 e. The Balaban J connectivity index is 1.91. The fourth-order valence-electron chi connectivity index (χ4n) is 3.43. The molecule has 2 atom stereocenters. The number of nitrogens with one attached hydrogen (secondary N) is 1. The van der Waals surface area contributed by atoms with Gasteiger partial charge in [-0.25, -0.2) is 8.42 Å². The van der Waals surface area contributed by atoms with E-state index >= 15 is 0 Å². The highest BCUT2D eigenvalue weighted by Crippen LogP contribution is 2.30. The predicted molar refractivity (Wildman–Crippen MR) is 84.0 cm³/mol. The van der Waals surface area contributed by atoms with Gasteiger partial charge in [-0.2, -0.15) is 4.31 Å². The highest BCUT2D eigenvalue weighted by atomic mass is 35.5. The molecular formula is C15H21ClN2O2S. The van der Waals surface area contributed by atoms with Gasteiger partial charge in [-0.15, -0.1) is 0 Å². The van der Waals surface area contributed by atoms with E-state index in [1.165, 1.54) is 0 Å². The average Bonchev–Trinajstić information content (AvgIpc) is 3.01. The molecule has 0 saturated carbocycles. The molecule has 0 spiro atoms. The molecule has 2 unspecified atom stereocenters. The topological polar surface area (TPSA) is 49.4 Å². The van der Waals surface area contributed by atoms with Crippen molar-refractivity contribution < 1.29 is 8.42 Å². The van der Waals surface area contributed by atoms with Gasteiger partial charge in [0.05, 0.1) is 4.90 Å². The van der Waals surface area contributed by atoms with Gasteiger partial charge >= 0.3 is 0 Å². The van der Waals surface area contributed by atoms with Crippen molar-refractivity contribution in [2.75, 3.05) is 13.1 Å². The Kier molecular flexibility index (Phi) is 4.54. The molecule has 2 saturated heterocycles. The van der Waals surface area contributed by atoms with Crippen LogP contribution in [0.3, 0.4) is 0 Å².